The van der Waals surface area contributed by atoms with E-state index in [-0.39, 0.29) is 11.9 Å². The molecule has 0 aliphatic heterocycles. The van der Waals surface area contributed by atoms with Crippen molar-refractivity contribution in [3.63, 3.8) is 0 Å². The average Bonchev–Trinajstić information content (AvgIpc) is 2.81. The van der Waals surface area contributed by atoms with Crippen molar-refractivity contribution in [2.45, 2.75) is 33.2 Å². The Labute approximate surface area is 141 Å². The lowest BCUT2D eigenvalue weighted by molar-refractivity contribution is 0.0947. The van der Waals surface area contributed by atoms with E-state index in [1.165, 1.54) is 11.3 Å². The van der Waals surface area contributed by atoms with E-state index in [2.05, 4.69) is 39.6 Å². The zero-order chi connectivity index (χ0) is 17.0. The number of amides is 1. The van der Waals surface area contributed by atoms with E-state index in [0.29, 0.717) is 4.88 Å². The largest absolute Gasteiger partial charge is 0.369 e. The predicted molar refractivity (Wildman–Crippen MR) is 96.4 cm³/mol. The van der Waals surface area contributed by atoms with Gasteiger partial charge in [-0.25, -0.2) is 9.97 Å². The van der Waals surface area contributed by atoms with Crippen molar-refractivity contribution < 1.29 is 4.79 Å². The van der Waals surface area contributed by atoms with Crippen LogP contribution in [0.2, 0.25) is 0 Å². The molecule has 0 aromatic carbocycles. The van der Waals surface area contributed by atoms with Gasteiger partial charge in [0.25, 0.3) is 5.91 Å². The summed E-state index contributed by atoms with van der Waals surface area (Å²) in [5.74, 6) is 0.769. The molecule has 0 spiro atoms. The maximum absolute atomic E-state index is 12.3. The Morgan fingerprint density at radius 3 is 2.74 bits per heavy atom. The summed E-state index contributed by atoms with van der Waals surface area (Å²) < 4.78 is 0. The van der Waals surface area contributed by atoms with E-state index < -0.39 is 0 Å². The maximum Gasteiger partial charge on any atom is 0.261 e. The molecule has 2 N–H and O–H groups in total. The number of carbonyl (C=O) groups excluding carboxylic acids is 1. The first-order valence-corrected chi connectivity index (χ1v) is 8.65. The number of aromatic nitrogens is 2. The number of aryl methyl sites for hydroxylation is 1. The molecule has 6 nitrogen and oxygen atoms in total. The number of nitrogens with one attached hydrogen (secondary N) is 2. The van der Waals surface area contributed by atoms with Crippen LogP contribution >= 0.6 is 11.3 Å². The minimum absolute atomic E-state index is 0.0425. The highest BCUT2D eigenvalue weighted by atomic mass is 32.1. The molecule has 0 saturated heterocycles. The topological polar surface area (TPSA) is 70.1 Å². The minimum atomic E-state index is -0.0425. The Hall–Kier alpha value is -1.73. The van der Waals surface area contributed by atoms with E-state index in [9.17, 15) is 4.79 Å². The fraction of sp³-hybridized carbons (Fsp3) is 0.562. The molecular weight excluding hydrogens is 310 g/mol. The van der Waals surface area contributed by atoms with Gasteiger partial charge in [0.05, 0.1) is 10.3 Å². The number of thiophene rings is 1. The summed E-state index contributed by atoms with van der Waals surface area (Å²) in [6.45, 7) is 7.73. The third-order valence-electron chi connectivity index (χ3n) is 3.43. The van der Waals surface area contributed by atoms with Gasteiger partial charge < -0.3 is 15.5 Å². The van der Waals surface area contributed by atoms with Crippen molar-refractivity contribution in [3.8, 4) is 0 Å². The molecule has 126 valence electrons. The Morgan fingerprint density at radius 1 is 1.35 bits per heavy atom. The molecule has 1 amide bonds. The lowest BCUT2D eigenvalue weighted by Gasteiger charge is -2.11. The Kier molecular flexibility index (Phi) is 5.90. The van der Waals surface area contributed by atoms with E-state index >= 15 is 0 Å². The van der Waals surface area contributed by atoms with Gasteiger partial charge in [0.1, 0.15) is 17.0 Å². The molecule has 2 aromatic heterocycles. The van der Waals surface area contributed by atoms with Gasteiger partial charge in [-0.1, -0.05) is 0 Å². The summed E-state index contributed by atoms with van der Waals surface area (Å²) in [6.07, 6.45) is 2.58. The second-order valence-electron chi connectivity index (χ2n) is 6.17. The van der Waals surface area contributed by atoms with Crippen molar-refractivity contribution in [2.24, 2.45) is 0 Å². The molecular formula is C16H25N5OS. The number of hydrogen-bond acceptors (Lipinski definition) is 6. The molecule has 0 radical (unpaired) electrons. The maximum atomic E-state index is 12.3. The number of carbonyl (C=O) groups is 1. The quantitative estimate of drug-likeness (QED) is 0.761. The normalized spacial score (nSPS) is 11.4. The van der Waals surface area contributed by atoms with Gasteiger partial charge in [-0.2, -0.15) is 0 Å². The van der Waals surface area contributed by atoms with E-state index in [1.54, 1.807) is 6.33 Å². The van der Waals surface area contributed by atoms with Crippen LogP contribution in [0.5, 0.6) is 0 Å². The van der Waals surface area contributed by atoms with Crippen molar-refractivity contribution >= 4 is 33.3 Å². The van der Waals surface area contributed by atoms with Gasteiger partial charge in [-0.05, 0) is 53.4 Å². The van der Waals surface area contributed by atoms with Gasteiger partial charge in [0.2, 0.25) is 0 Å². The number of rotatable bonds is 7. The molecule has 0 bridgehead atoms. The Bertz CT molecular complexity index is 680. The summed E-state index contributed by atoms with van der Waals surface area (Å²) in [5, 5.41) is 7.27. The molecule has 0 unspecified atom stereocenters. The highest BCUT2D eigenvalue weighted by molar-refractivity contribution is 7.20. The Morgan fingerprint density at radius 2 is 2.09 bits per heavy atom. The molecule has 0 atom stereocenters. The second kappa shape index (κ2) is 7.70. The first-order chi connectivity index (χ1) is 10.9. The van der Waals surface area contributed by atoms with Gasteiger partial charge in [0.15, 0.2) is 0 Å². The van der Waals surface area contributed by atoms with Crippen LogP contribution in [0.25, 0.3) is 10.2 Å². The molecule has 0 saturated carbocycles. The molecule has 2 rings (SSSR count). The summed E-state index contributed by atoms with van der Waals surface area (Å²) in [5.41, 5.74) is 0.943. The van der Waals surface area contributed by atoms with Crippen molar-refractivity contribution in [2.75, 3.05) is 32.5 Å². The summed E-state index contributed by atoms with van der Waals surface area (Å²) >= 11 is 1.42. The van der Waals surface area contributed by atoms with E-state index in [4.69, 9.17) is 0 Å². The first-order valence-electron chi connectivity index (χ1n) is 7.83. The minimum Gasteiger partial charge on any atom is -0.369 e. The van der Waals surface area contributed by atoms with E-state index in [1.807, 2.05) is 20.8 Å². The number of fused-ring (bicyclic) bond motifs is 1. The number of hydrogen-bond donors (Lipinski definition) is 2. The van der Waals surface area contributed by atoms with Crippen LogP contribution in [-0.2, 0) is 0 Å². The molecule has 0 fully saturated rings. The van der Waals surface area contributed by atoms with Crippen LogP contribution in [0.15, 0.2) is 6.33 Å². The fourth-order valence-electron chi connectivity index (χ4n) is 2.35. The zero-order valence-electron chi connectivity index (χ0n) is 14.4. The first kappa shape index (κ1) is 17.6. The van der Waals surface area contributed by atoms with Crippen molar-refractivity contribution in [3.05, 3.63) is 16.8 Å². The molecule has 7 heteroatoms. The zero-order valence-corrected chi connectivity index (χ0v) is 15.3. The summed E-state index contributed by atoms with van der Waals surface area (Å²) in [4.78, 5) is 24.7. The van der Waals surface area contributed by atoms with Gasteiger partial charge >= 0.3 is 0 Å². The van der Waals surface area contributed by atoms with Gasteiger partial charge in [-0.3, -0.25) is 4.79 Å². The average molecular weight is 335 g/mol. The standard InChI is InChI=1S/C16H25N5OS/c1-10(2)20-15(22)13-11(3)12-14(17-7-6-8-21(4)5)18-9-19-16(12)23-13/h9-10H,6-8H2,1-5H3,(H,20,22)(H,17,18,19). The number of nitrogens with zero attached hydrogens (tertiary/aromatic N) is 3. The third kappa shape index (κ3) is 4.39. The predicted octanol–water partition coefficient (Wildman–Crippen LogP) is 2.50. The molecule has 0 aliphatic carbocycles. The van der Waals surface area contributed by atoms with Crippen LogP contribution in [0.4, 0.5) is 5.82 Å². The van der Waals surface area contributed by atoms with Crippen LogP contribution < -0.4 is 10.6 Å². The summed E-state index contributed by atoms with van der Waals surface area (Å²) in [6, 6.07) is 0.113. The van der Waals surface area contributed by atoms with Crippen LogP contribution in [0.3, 0.4) is 0 Å². The van der Waals surface area contributed by atoms with Crippen LogP contribution in [0.1, 0.15) is 35.5 Å². The van der Waals surface area contributed by atoms with Crippen molar-refractivity contribution in [1.82, 2.24) is 20.2 Å². The SMILES string of the molecule is Cc1c(C(=O)NC(C)C)sc2ncnc(NCCCN(C)C)c12. The smallest absolute Gasteiger partial charge is 0.261 e. The third-order valence-corrected chi connectivity index (χ3v) is 4.63. The van der Waals surface area contributed by atoms with Crippen LogP contribution in [0, 0.1) is 6.92 Å². The highest BCUT2D eigenvalue weighted by Gasteiger charge is 2.19. The monoisotopic (exact) mass is 335 g/mol. The molecule has 2 heterocycles. The number of anilines is 1. The molecule has 23 heavy (non-hydrogen) atoms. The van der Waals surface area contributed by atoms with Crippen molar-refractivity contribution in [1.29, 1.82) is 0 Å². The molecule has 2 aromatic rings. The summed E-state index contributed by atoms with van der Waals surface area (Å²) in [7, 11) is 4.12. The van der Waals surface area contributed by atoms with E-state index in [0.717, 1.165) is 41.1 Å². The van der Waals surface area contributed by atoms with Crippen LogP contribution in [-0.4, -0.2) is 54.0 Å². The lowest BCUT2D eigenvalue weighted by atomic mass is 10.2. The fourth-order valence-corrected chi connectivity index (χ4v) is 3.40. The van der Waals surface area contributed by atoms with Gasteiger partial charge in [0, 0.05) is 12.6 Å². The van der Waals surface area contributed by atoms with Gasteiger partial charge in [-0.15, -0.1) is 11.3 Å². The highest BCUT2D eigenvalue weighted by Crippen LogP contribution is 2.33. The lowest BCUT2D eigenvalue weighted by Crippen LogP contribution is -2.29. The second-order valence-corrected chi connectivity index (χ2v) is 7.17. The Balaban J connectivity index is 2.22. The molecule has 0 aliphatic rings.